The third-order valence-electron chi connectivity index (χ3n) is 4.07. The second-order valence-corrected chi connectivity index (χ2v) is 7.63. The highest BCUT2D eigenvalue weighted by Crippen LogP contribution is 2.40. The minimum atomic E-state index is 0.408. The summed E-state index contributed by atoms with van der Waals surface area (Å²) in [7, 11) is 0. The highest BCUT2D eigenvalue weighted by atomic mass is 35.5. The van der Waals surface area contributed by atoms with E-state index in [9.17, 15) is 0 Å². The quantitative estimate of drug-likeness (QED) is 0.714. The lowest BCUT2D eigenvalue weighted by atomic mass is 9.73. The normalized spacial score (nSPS) is 20.3. The summed E-state index contributed by atoms with van der Waals surface area (Å²) in [5.41, 5.74) is 2.87. The molecular formula is C14H19ClN2S. The van der Waals surface area contributed by atoms with Crippen molar-refractivity contribution in [2.45, 2.75) is 45.9 Å². The molecule has 0 aromatic carbocycles. The van der Waals surface area contributed by atoms with Gasteiger partial charge in [0.25, 0.3) is 0 Å². The zero-order valence-corrected chi connectivity index (χ0v) is 12.7. The number of halogens is 1. The van der Waals surface area contributed by atoms with Crippen LogP contribution in [0.5, 0.6) is 0 Å². The number of aromatic nitrogens is 2. The van der Waals surface area contributed by atoms with Crippen LogP contribution in [0.3, 0.4) is 0 Å². The molecule has 1 aliphatic carbocycles. The van der Waals surface area contributed by atoms with Gasteiger partial charge in [0.2, 0.25) is 0 Å². The fourth-order valence-electron chi connectivity index (χ4n) is 2.84. The predicted molar refractivity (Wildman–Crippen MR) is 77.6 cm³/mol. The molecule has 2 heterocycles. The Morgan fingerprint density at radius 2 is 2.28 bits per heavy atom. The average Bonchev–Trinajstić information content (AvgIpc) is 2.83. The standard InChI is InChI=1S/C14H19ClN2S/c1-14(2,3)9-4-5-11-12(6-9)18-13-16-10(7-15)8-17(11)13/h8-9H,4-7H2,1-3H3. The minimum absolute atomic E-state index is 0.408. The Hall–Kier alpha value is -0.540. The minimum Gasteiger partial charge on any atom is -0.294 e. The number of aryl methyl sites for hydroxylation is 1. The fraction of sp³-hybridized carbons (Fsp3) is 0.643. The van der Waals surface area contributed by atoms with Crippen molar-refractivity contribution >= 4 is 27.9 Å². The molecule has 0 bridgehead atoms. The molecule has 0 radical (unpaired) electrons. The van der Waals surface area contributed by atoms with Crippen LogP contribution in [0.15, 0.2) is 6.20 Å². The lowest BCUT2D eigenvalue weighted by Crippen LogP contribution is -2.26. The van der Waals surface area contributed by atoms with Gasteiger partial charge in [-0.2, -0.15) is 0 Å². The molecule has 18 heavy (non-hydrogen) atoms. The highest BCUT2D eigenvalue weighted by Gasteiger charge is 2.31. The molecule has 1 aliphatic rings. The Bertz CT molecular complexity index is 576. The molecule has 2 nitrogen and oxygen atoms in total. The van der Waals surface area contributed by atoms with Gasteiger partial charge in [-0.3, -0.25) is 4.40 Å². The van der Waals surface area contributed by atoms with Crippen LogP contribution in [0.4, 0.5) is 0 Å². The largest absolute Gasteiger partial charge is 0.294 e. The van der Waals surface area contributed by atoms with E-state index in [1.807, 2.05) is 11.3 Å². The van der Waals surface area contributed by atoms with Crippen LogP contribution < -0.4 is 0 Å². The van der Waals surface area contributed by atoms with Gasteiger partial charge in [0.1, 0.15) is 0 Å². The van der Waals surface area contributed by atoms with E-state index < -0.39 is 0 Å². The monoisotopic (exact) mass is 282 g/mol. The van der Waals surface area contributed by atoms with Gasteiger partial charge in [-0.15, -0.1) is 22.9 Å². The number of nitrogens with zero attached hydrogens (tertiary/aromatic N) is 2. The zero-order chi connectivity index (χ0) is 12.9. The maximum atomic E-state index is 5.85. The van der Waals surface area contributed by atoms with E-state index in [4.69, 9.17) is 11.6 Å². The van der Waals surface area contributed by atoms with E-state index in [0.717, 1.165) is 16.6 Å². The Morgan fingerprint density at radius 3 is 2.94 bits per heavy atom. The van der Waals surface area contributed by atoms with Gasteiger partial charge >= 0.3 is 0 Å². The van der Waals surface area contributed by atoms with Crippen LogP contribution in [-0.4, -0.2) is 9.38 Å². The van der Waals surface area contributed by atoms with E-state index >= 15 is 0 Å². The summed E-state index contributed by atoms with van der Waals surface area (Å²) in [5.74, 6) is 1.30. The van der Waals surface area contributed by atoms with Crippen LogP contribution in [0.2, 0.25) is 0 Å². The van der Waals surface area contributed by atoms with Crippen molar-refractivity contribution < 1.29 is 0 Å². The van der Waals surface area contributed by atoms with Crippen molar-refractivity contribution in [3.8, 4) is 0 Å². The summed E-state index contributed by atoms with van der Waals surface area (Å²) in [6.45, 7) is 7.06. The maximum absolute atomic E-state index is 5.85. The summed E-state index contributed by atoms with van der Waals surface area (Å²) in [4.78, 5) is 7.22. The third-order valence-corrected chi connectivity index (χ3v) is 5.47. The molecule has 0 aliphatic heterocycles. The topological polar surface area (TPSA) is 17.3 Å². The fourth-order valence-corrected chi connectivity index (χ4v) is 4.21. The molecule has 0 N–H and O–H groups in total. The first-order valence-electron chi connectivity index (χ1n) is 6.53. The van der Waals surface area contributed by atoms with Crippen molar-refractivity contribution in [2.24, 2.45) is 11.3 Å². The van der Waals surface area contributed by atoms with E-state index in [-0.39, 0.29) is 0 Å². The van der Waals surface area contributed by atoms with Crippen LogP contribution in [0.25, 0.3) is 4.96 Å². The van der Waals surface area contributed by atoms with Crippen LogP contribution >= 0.6 is 22.9 Å². The summed E-state index contributed by atoms with van der Waals surface area (Å²) in [5, 5.41) is 0. The second-order valence-electron chi connectivity index (χ2n) is 6.30. The highest BCUT2D eigenvalue weighted by molar-refractivity contribution is 7.17. The molecule has 0 spiro atoms. The van der Waals surface area contributed by atoms with Crippen molar-refractivity contribution in [1.29, 1.82) is 0 Å². The first-order chi connectivity index (χ1) is 8.49. The van der Waals surface area contributed by atoms with Crippen molar-refractivity contribution in [3.63, 3.8) is 0 Å². The zero-order valence-electron chi connectivity index (χ0n) is 11.2. The second kappa shape index (κ2) is 4.24. The van der Waals surface area contributed by atoms with Gasteiger partial charge in [-0.05, 0) is 30.6 Å². The van der Waals surface area contributed by atoms with Gasteiger partial charge in [0.15, 0.2) is 4.96 Å². The van der Waals surface area contributed by atoms with Gasteiger partial charge < -0.3 is 0 Å². The number of hydrogen-bond acceptors (Lipinski definition) is 2. The van der Waals surface area contributed by atoms with Crippen LogP contribution in [0, 0.1) is 11.3 Å². The number of hydrogen-bond donors (Lipinski definition) is 0. The molecule has 0 saturated carbocycles. The van der Waals surface area contributed by atoms with E-state index in [1.54, 1.807) is 0 Å². The molecule has 0 fully saturated rings. The smallest absolute Gasteiger partial charge is 0.194 e. The molecule has 1 unspecified atom stereocenters. The number of rotatable bonds is 1. The first kappa shape index (κ1) is 12.5. The molecule has 2 aromatic heterocycles. The van der Waals surface area contributed by atoms with E-state index in [0.29, 0.717) is 11.3 Å². The van der Waals surface area contributed by atoms with Crippen LogP contribution in [0.1, 0.15) is 43.5 Å². The Balaban J connectivity index is 1.98. The molecule has 98 valence electrons. The number of fused-ring (bicyclic) bond motifs is 3. The average molecular weight is 283 g/mol. The number of thiazole rings is 1. The maximum Gasteiger partial charge on any atom is 0.194 e. The lowest BCUT2D eigenvalue weighted by molar-refractivity contribution is 0.216. The van der Waals surface area contributed by atoms with Crippen molar-refractivity contribution in [3.05, 3.63) is 22.5 Å². The summed E-state index contributed by atoms with van der Waals surface area (Å²) < 4.78 is 2.26. The molecule has 0 saturated heterocycles. The summed E-state index contributed by atoms with van der Waals surface area (Å²) in [6.07, 6.45) is 5.78. The number of alkyl halides is 1. The summed E-state index contributed by atoms with van der Waals surface area (Å²) in [6, 6.07) is 0. The Morgan fingerprint density at radius 1 is 1.50 bits per heavy atom. The first-order valence-corrected chi connectivity index (χ1v) is 7.88. The molecule has 3 rings (SSSR count). The predicted octanol–water partition coefficient (Wildman–Crippen LogP) is 4.29. The SMILES string of the molecule is CC(C)(C)C1CCc2c(sc3nc(CCl)cn23)C1. The molecule has 0 amide bonds. The van der Waals surface area contributed by atoms with Gasteiger partial charge in [-0.1, -0.05) is 20.8 Å². The Kier molecular flexibility index (Phi) is 2.94. The lowest BCUT2D eigenvalue weighted by Gasteiger charge is -2.33. The van der Waals surface area contributed by atoms with E-state index in [1.165, 1.54) is 29.8 Å². The van der Waals surface area contributed by atoms with Crippen molar-refractivity contribution in [1.82, 2.24) is 9.38 Å². The molecule has 1 atom stereocenters. The van der Waals surface area contributed by atoms with Gasteiger partial charge in [0.05, 0.1) is 11.6 Å². The Labute approximate surface area is 117 Å². The number of imidazole rings is 1. The van der Waals surface area contributed by atoms with Crippen LogP contribution in [-0.2, 0) is 18.7 Å². The van der Waals surface area contributed by atoms with Crippen molar-refractivity contribution in [2.75, 3.05) is 0 Å². The third kappa shape index (κ3) is 1.97. The summed E-state index contributed by atoms with van der Waals surface area (Å²) >= 11 is 7.70. The molecular weight excluding hydrogens is 264 g/mol. The van der Waals surface area contributed by atoms with Gasteiger partial charge in [0, 0.05) is 16.8 Å². The molecule has 4 heteroatoms. The van der Waals surface area contributed by atoms with Gasteiger partial charge in [-0.25, -0.2) is 4.98 Å². The molecule has 2 aromatic rings. The van der Waals surface area contributed by atoms with E-state index in [2.05, 4.69) is 36.4 Å².